The zero-order valence-electron chi connectivity index (χ0n) is 13.1. The third-order valence-electron chi connectivity index (χ3n) is 4.09. The van der Waals surface area contributed by atoms with Crippen molar-refractivity contribution < 1.29 is 0 Å². The molecule has 0 spiro atoms. The van der Waals surface area contributed by atoms with Gasteiger partial charge in [0.15, 0.2) is 0 Å². The van der Waals surface area contributed by atoms with Crippen molar-refractivity contribution in [3.8, 4) is 11.1 Å². The van der Waals surface area contributed by atoms with Crippen molar-refractivity contribution in [2.45, 2.75) is 19.9 Å². The molecule has 2 aromatic carbocycles. The van der Waals surface area contributed by atoms with E-state index in [1.807, 2.05) is 43.4 Å². The predicted octanol–water partition coefficient (Wildman–Crippen LogP) is 4.04. The van der Waals surface area contributed by atoms with Crippen LogP contribution in [0.3, 0.4) is 0 Å². The maximum atomic E-state index is 12.4. The van der Waals surface area contributed by atoms with E-state index in [1.54, 1.807) is 0 Å². The van der Waals surface area contributed by atoms with Crippen LogP contribution in [0.5, 0.6) is 0 Å². The zero-order chi connectivity index (χ0) is 15.7. The highest BCUT2D eigenvalue weighted by Crippen LogP contribution is 2.24. The number of aromatic nitrogens is 1. The van der Waals surface area contributed by atoms with E-state index in [9.17, 15) is 4.79 Å². The van der Waals surface area contributed by atoms with Gasteiger partial charge in [-0.3, -0.25) is 4.79 Å². The molecular formula is C19H20N2O. The van der Waals surface area contributed by atoms with E-state index < -0.39 is 0 Å². The predicted molar refractivity (Wildman–Crippen MR) is 93.5 cm³/mol. The second-order valence-electron chi connectivity index (χ2n) is 5.86. The van der Waals surface area contributed by atoms with E-state index in [0.717, 1.165) is 27.7 Å². The van der Waals surface area contributed by atoms with Crippen LogP contribution in [-0.2, 0) is 0 Å². The van der Waals surface area contributed by atoms with Gasteiger partial charge in [-0.25, -0.2) is 0 Å². The molecule has 0 saturated carbocycles. The van der Waals surface area contributed by atoms with Crippen molar-refractivity contribution in [3.05, 3.63) is 65.0 Å². The fourth-order valence-corrected chi connectivity index (χ4v) is 2.52. The smallest absolute Gasteiger partial charge is 0.257 e. The van der Waals surface area contributed by atoms with Gasteiger partial charge in [-0.1, -0.05) is 42.5 Å². The van der Waals surface area contributed by atoms with E-state index in [4.69, 9.17) is 0 Å². The Morgan fingerprint density at radius 2 is 1.68 bits per heavy atom. The van der Waals surface area contributed by atoms with Gasteiger partial charge in [-0.2, -0.15) is 0 Å². The van der Waals surface area contributed by atoms with Gasteiger partial charge in [0.1, 0.15) is 5.82 Å². The minimum absolute atomic E-state index is 0.0437. The van der Waals surface area contributed by atoms with Gasteiger partial charge in [0.25, 0.3) is 5.56 Å². The first kappa shape index (κ1) is 14.4. The third kappa shape index (κ3) is 2.62. The summed E-state index contributed by atoms with van der Waals surface area (Å²) in [5.74, 6) is 0.847. The Balaban J connectivity index is 2.13. The topological polar surface area (TPSA) is 36.1 Å². The summed E-state index contributed by atoms with van der Waals surface area (Å²) in [7, 11) is 1.99. The molecule has 3 aromatic rings. The Labute approximate surface area is 130 Å². The fraction of sp³-hybridized carbons (Fsp3) is 0.211. The lowest BCUT2D eigenvalue weighted by molar-refractivity contribution is 0.743. The second-order valence-corrected chi connectivity index (χ2v) is 5.86. The van der Waals surface area contributed by atoms with Crippen LogP contribution in [0.25, 0.3) is 21.9 Å². The molecule has 1 aromatic heterocycles. The first-order chi connectivity index (χ1) is 10.6. The number of fused-ring (bicyclic) bond motifs is 1. The van der Waals surface area contributed by atoms with Crippen LogP contribution < -0.4 is 10.5 Å². The quantitative estimate of drug-likeness (QED) is 0.791. The van der Waals surface area contributed by atoms with Gasteiger partial charge in [0.05, 0.1) is 0 Å². The first-order valence-corrected chi connectivity index (χ1v) is 7.51. The minimum Gasteiger partial charge on any atom is -0.359 e. The van der Waals surface area contributed by atoms with Gasteiger partial charge in [-0.15, -0.1) is 0 Å². The number of aromatic amines is 1. The van der Waals surface area contributed by atoms with Crippen LogP contribution in [0.4, 0.5) is 5.82 Å². The lowest BCUT2D eigenvalue weighted by atomic mass is 10.0. The Kier molecular flexibility index (Phi) is 3.72. The van der Waals surface area contributed by atoms with Crippen LogP contribution in [0.15, 0.2) is 59.4 Å². The first-order valence-electron chi connectivity index (χ1n) is 7.51. The molecule has 0 fully saturated rings. The molecule has 0 aliphatic rings. The standard InChI is InChI=1S/C19H20N2O/c1-13(2)21(3)18-12-16-10-9-15(11-17(16)19(22)20-18)14-7-5-4-6-8-14/h4-13H,1-3H3,(H,20,22). The molecule has 0 atom stereocenters. The van der Waals surface area contributed by atoms with Crippen molar-refractivity contribution in [1.29, 1.82) is 0 Å². The van der Waals surface area contributed by atoms with Gasteiger partial charge in [-0.05, 0) is 42.5 Å². The van der Waals surface area contributed by atoms with Crippen molar-refractivity contribution in [1.82, 2.24) is 4.98 Å². The molecule has 0 amide bonds. The third-order valence-corrected chi connectivity index (χ3v) is 4.09. The van der Waals surface area contributed by atoms with Crippen molar-refractivity contribution in [3.63, 3.8) is 0 Å². The summed E-state index contributed by atoms with van der Waals surface area (Å²) < 4.78 is 0. The molecule has 0 radical (unpaired) electrons. The molecule has 3 heteroatoms. The molecule has 3 rings (SSSR count). The molecule has 0 unspecified atom stereocenters. The summed E-state index contributed by atoms with van der Waals surface area (Å²) in [5, 5.41) is 1.69. The Bertz CT molecular complexity index is 850. The molecule has 0 saturated heterocycles. The number of nitrogens with one attached hydrogen (secondary N) is 1. The Hall–Kier alpha value is -2.55. The average molecular weight is 292 g/mol. The number of pyridine rings is 1. The molecule has 1 heterocycles. The van der Waals surface area contributed by atoms with Crippen molar-refractivity contribution >= 4 is 16.6 Å². The summed E-state index contributed by atoms with van der Waals surface area (Å²) >= 11 is 0. The molecule has 112 valence electrons. The summed E-state index contributed by atoms with van der Waals surface area (Å²) in [6.07, 6.45) is 0. The summed E-state index contributed by atoms with van der Waals surface area (Å²) in [6.45, 7) is 4.20. The van der Waals surface area contributed by atoms with E-state index >= 15 is 0 Å². The van der Waals surface area contributed by atoms with E-state index in [1.165, 1.54) is 0 Å². The maximum absolute atomic E-state index is 12.4. The van der Waals surface area contributed by atoms with E-state index in [-0.39, 0.29) is 5.56 Å². The second kappa shape index (κ2) is 5.68. The average Bonchev–Trinajstić information content (AvgIpc) is 2.54. The van der Waals surface area contributed by atoms with Crippen LogP contribution in [0.2, 0.25) is 0 Å². The number of hydrogen-bond donors (Lipinski definition) is 1. The molecule has 0 aliphatic carbocycles. The normalized spacial score (nSPS) is 11.1. The van der Waals surface area contributed by atoms with Crippen molar-refractivity contribution in [2.24, 2.45) is 0 Å². The van der Waals surface area contributed by atoms with Crippen LogP contribution in [-0.4, -0.2) is 18.1 Å². The zero-order valence-corrected chi connectivity index (χ0v) is 13.1. The van der Waals surface area contributed by atoms with Crippen molar-refractivity contribution in [2.75, 3.05) is 11.9 Å². The van der Waals surface area contributed by atoms with Crippen LogP contribution in [0, 0.1) is 0 Å². The van der Waals surface area contributed by atoms with Gasteiger partial charge in [0, 0.05) is 18.5 Å². The van der Waals surface area contributed by atoms with Gasteiger partial charge >= 0.3 is 0 Å². The molecule has 0 aliphatic heterocycles. The number of anilines is 1. The highest BCUT2D eigenvalue weighted by molar-refractivity contribution is 5.88. The maximum Gasteiger partial charge on any atom is 0.257 e. The van der Waals surface area contributed by atoms with E-state index in [2.05, 4.69) is 41.9 Å². The molecule has 22 heavy (non-hydrogen) atoms. The molecule has 3 nitrogen and oxygen atoms in total. The van der Waals surface area contributed by atoms with Gasteiger partial charge in [0.2, 0.25) is 0 Å². The summed E-state index contributed by atoms with van der Waals surface area (Å²) in [6, 6.07) is 18.5. The molecule has 1 N–H and O–H groups in total. The number of benzene rings is 2. The Morgan fingerprint density at radius 3 is 2.36 bits per heavy atom. The molecular weight excluding hydrogens is 272 g/mol. The fourth-order valence-electron chi connectivity index (χ4n) is 2.52. The summed E-state index contributed by atoms with van der Waals surface area (Å²) in [4.78, 5) is 17.5. The highest BCUT2D eigenvalue weighted by atomic mass is 16.1. The highest BCUT2D eigenvalue weighted by Gasteiger charge is 2.09. The number of rotatable bonds is 3. The van der Waals surface area contributed by atoms with E-state index in [0.29, 0.717) is 6.04 Å². The monoisotopic (exact) mass is 292 g/mol. The number of hydrogen-bond acceptors (Lipinski definition) is 2. The van der Waals surface area contributed by atoms with Gasteiger partial charge < -0.3 is 9.88 Å². The number of H-pyrrole nitrogens is 1. The lowest BCUT2D eigenvalue weighted by Crippen LogP contribution is -2.28. The Morgan fingerprint density at radius 1 is 0.955 bits per heavy atom. The summed E-state index contributed by atoms with van der Waals surface area (Å²) in [5.41, 5.74) is 2.13. The van der Waals surface area contributed by atoms with Crippen LogP contribution in [0.1, 0.15) is 13.8 Å². The molecule has 0 bridgehead atoms. The van der Waals surface area contributed by atoms with Crippen LogP contribution >= 0.6 is 0 Å². The minimum atomic E-state index is -0.0437. The number of nitrogens with zero attached hydrogens (tertiary/aromatic N) is 1. The lowest BCUT2D eigenvalue weighted by Gasteiger charge is -2.23. The SMILES string of the molecule is CC(C)N(C)c1cc2ccc(-c3ccccc3)cc2c(=O)[nH]1. The largest absolute Gasteiger partial charge is 0.359 e.